The zero-order chi connectivity index (χ0) is 9.84. The molecule has 1 rings (SSSR count). The van der Waals surface area contributed by atoms with E-state index in [0.717, 1.165) is 5.69 Å². The molecule has 3 nitrogen and oxygen atoms in total. The number of carbonyl (C=O) groups is 1. The largest absolute Gasteiger partial charge is 0.293 e. The van der Waals surface area contributed by atoms with Crippen molar-refractivity contribution >= 4 is 5.78 Å². The van der Waals surface area contributed by atoms with Crippen LogP contribution >= 0.6 is 0 Å². The first-order valence-corrected chi connectivity index (χ1v) is 4.08. The van der Waals surface area contributed by atoms with Crippen LogP contribution in [0.15, 0.2) is 6.20 Å². The molecule has 0 bridgehead atoms. The molecule has 1 heterocycles. The van der Waals surface area contributed by atoms with Crippen molar-refractivity contribution in [2.24, 2.45) is 7.05 Å². The van der Waals surface area contributed by atoms with Crippen LogP contribution in [0.1, 0.15) is 29.4 Å². The van der Waals surface area contributed by atoms with Crippen molar-refractivity contribution < 1.29 is 4.79 Å². The fourth-order valence-corrected chi connectivity index (χ4v) is 1.04. The summed E-state index contributed by atoms with van der Waals surface area (Å²) in [6.07, 6.45) is 1.87. The van der Waals surface area contributed by atoms with Crippen molar-refractivity contribution in [1.29, 1.82) is 0 Å². The van der Waals surface area contributed by atoms with Gasteiger partial charge in [-0.15, -0.1) is 5.92 Å². The monoisotopic (exact) mass is 176 g/mol. The number of hydrogen-bond acceptors (Lipinski definition) is 2. The molecule has 0 aromatic carbocycles. The van der Waals surface area contributed by atoms with Crippen LogP contribution in [0, 0.1) is 18.8 Å². The molecule has 1 aromatic heterocycles. The maximum Gasteiger partial charge on any atom is 0.178 e. The van der Waals surface area contributed by atoms with Crippen LogP contribution in [0.5, 0.6) is 0 Å². The SMILES string of the molecule is CC#CCC(=O)c1cnn(C)c1C. The zero-order valence-electron chi connectivity index (χ0n) is 8.09. The molecule has 13 heavy (non-hydrogen) atoms. The molecule has 0 amide bonds. The second-order valence-electron chi connectivity index (χ2n) is 2.79. The van der Waals surface area contributed by atoms with Crippen LogP contribution in [-0.4, -0.2) is 15.6 Å². The van der Waals surface area contributed by atoms with Gasteiger partial charge in [0.15, 0.2) is 5.78 Å². The minimum absolute atomic E-state index is 0.0416. The van der Waals surface area contributed by atoms with Crippen molar-refractivity contribution in [3.63, 3.8) is 0 Å². The Morgan fingerprint density at radius 3 is 2.85 bits per heavy atom. The molecule has 0 unspecified atom stereocenters. The zero-order valence-corrected chi connectivity index (χ0v) is 8.09. The highest BCUT2D eigenvalue weighted by Crippen LogP contribution is 2.07. The Hall–Kier alpha value is -1.56. The average Bonchev–Trinajstić information content (AvgIpc) is 2.44. The molecule has 0 aliphatic rings. The predicted octanol–water partition coefficient (Wildman–Crippen LogP) is 1.32. The first-order valence-electron chi connectivity index (χ1n) is 4.08. The standard InChI is InChI=1S/C10H12N2O/c1-4-5-6-10(13)9-7-11-12(3)8(9)2/h7H,6H2,1-3H3. The summed E-state index contributed by atoms with van der Waals surface area (Å²) in [5.74, 6) is 5.48. The number of Topliss-reactive ketones (excluding diaryl/α,β-unsaturated/α-hetero) is 1. The second kappa shape index (κ2) is 3.90. The van der Waals surface area contributed by atoms with E-state index in [2.05, 4.69) is 16.9 Å². The molecule has 0 saturated heterocycles. The molecular weight excluding hydrogens is 164 g/mol. The van der Waals surface area contributed by atoms with Gasteiger partial charge in [0.25, 0.3) is 0 Å². The minimum atomic E-state index is 0.0416. The van der Waals surface area contributed by atoms with Crippen molar-refractivity contribution in [2.45, 2.75) is 20.3 Å². The summed E-state index contributed by atoms with van der Waals surface area (Å²) in [5.41, 5.74) is 1.56. The summed E-state index contributed by atoms with van der Waals surface area (Å²) in [6.45, 7) is 3.60. The van der Waals surface area contributed by atoms with Gasteiger partial charge in [-0.2, -0.15) is 5.10 Å². The number of aryl methyl sites for hydroxylation is 1. The summed E-state index contributed by atoms with van der Waals surface area (Å²) in [4.78, 5) is 11.5. The fourth-order valence-electron chi connectivity index (χ4n) is 1.04. The predicted molar refractivity (Wildman–Crippen MR) is 50.3 cm³/mol. The van der Waals surface area contributed by atoms with Crippen LogP contribution in [0.25, 0.3) is 0 Å². The van der Waals surface area contributed by atoms with Gasteiger partial charge in [0.1, 0.15) is 0 Å². The van der Waals surface area contributed by atoms with Gasteiger partial charge in [0, 0.05) is 12.7 Å². The quantitative estimate of drug-likeness (QED) is 0.503. The van der Waals surface area contributed by atoms with Gasteiger partial charge in [0.05, 0.1) is 18.2 Å². The highest BCUT2D eigenvalue weighted by atomic mass is 16.1. The third-order valence-corrected chi connectivity index (χ3v) is 1.96. The van der Waals surface area contributed by atoms with Crippen LogP contribution in [0.4, 0.5) is 0 Å². The first kappa shape index (κ1) is 9.53. The van der Waals surface area contributed by atoms with E-state index in [4.69, 9.17) is 0 Å². The summed E-state index contributed by atoms with van der Waals surface area (Å²) in [7, 11) is 1.82. The lowest BCUT2D eigenvalue weighted by atomic mass is 10.1. The number of nitrogens with zero attached hydrogens (tertiary/aromatic N) is 2. The van der Waals surface area contributed by atoms with Gasteiger partial charge in [-0.3, -0.25) is 9.48 Å². The highest BCUT2D eigenvalue weighted by Gasteiger charge is 2.10. The number of ketones is 1. The Bertz CT molecular complexity index is 379. The topological polar surface area (TPSA) is 34.9 Å². The molecule has 0 aliphatic heterocycles. The molecule has 0 fully saturated rings. The number of hydrogen-bond donors (Lipinski definition) is 0. The third kappa shape index (κ3) is 1.97. The molecule has 3 heteroatoms. The van der Waals surface area contributed by atoms with Crippen LogP contribution in [-0.2, 0) is 7.05 Å². The van der Waals surface area contributed by atoms with Gasteiger partial charge in [0.2, 0.25) is 0 Å². The summed E-state index contributed by atoms with van der Waals surface area (Å²) < 4.78 is 1.69. The van der Waals surface area contributed by atoms with E-state index in [1.54, 1.807) is 17.8 Å². The lowest BCUT2D eigenvalue weighted by Gasteiger charge is -1.95. The molecule has 68 valence electrons. The van der Waals surface area contributed by atoms with E-state index in [-0.39, 0.29) is 12.2 Å². The molecule has 0 atom stereocenters. The Morgan fingerprint density at radius 2 is 2.38 bits per heavy atom. The summed E-state index contributed by atoms with van der Waals surface area (Å²) in [5, 5.41) is 3.99. The molecule has 0 radical (unpaired) electrons. The Labute approximate surface area is 77.8 Å². The molecular formula is C10H12N2O. The maximum absolute atomic E-state index is 11.5. The molecule has 0 saturated carbocycles. The highest BCUT2D eigenvalue weighted by molar-refractivity contribution is 5.98. The first-order chi connectivity index (χ1) is 6.16. The summed E-state index contributed by atoms with van der Waals surface area (Å²) >= 11 is 0. The second-order valence-corrected chi connectivity index (χ2v) is 2.79. The molecule has 0 N–H and O–H groups in total. The Balaban J connectivity index is 2.87. The van der Waals surface area contributed by atoms with E-state index in [1.165, 1.54) is 0 Å². The van der Waals surface area contributed by atoms with Gasteiger partial charge < -0.3 is 0 Å². The van der Waals surface area contributed by atoms with E-state index in [1.807, 2.05) is 14.0 Å². The number of carbonyl (C=O) groups excluding carboxylic acids is 1. The van der Waals surface area contributed by atoms with E-state index in [9.17, 15) is 4.79 Å². The van der Waals surface area contributed by atoms with Crippen LogP contribution in [0.3, 0.4) is 0 Å². The third-order valence-electron chi connectivity index (χ3n) is 1.96. The molecule has 0 spiro atoms. The van der Waals surface area contributed by atoms with Gasteiger partial charge in [-0.05, 0) is 13.8 Å². The number of rotatable bonds is 2. The van der Waals surface area contributed by atoms with Crippen molar-refractivity contribution in [3.05, 3.63) is 17.5 Å². The fraction of sp³-hybridized carbons (Fsp3) is 0.400. The molecule has 1 aromatic rings. The minimum Gasteiger partial charge on any atom is -0.293 e. The van der Waals surface area contributed by atoms with Gasteiger partial charge in [-0.25, -0.2) is 0 Å². The smallest absolute Gasteiger partial charge is 0.178 e. The maximum atomic E-state index is 11.5. The Morgan fingerprint density at radius 1 is 1.69 bits per heavy atom. The van der Waals surface area contributed by atoms with Crippen molar-refractivity contribution in [1.82, 2.24) is 9.78 Å². The summed E-state index contributed by atoms with van der Waals surface area (Å²) in [6, 6.07) is 0. The molecule has 0 aliphatic carbocycles. The Kier molecular flexibility index (Phi) is 2.86. The van der Waals surface area contributed by atoms with E-state index >= 15 is 0 Å². The van der Waals surface area contributed by atoms with E-state index < -0.39 is 0 Å². The lowest BCUT2D eigenvalue weighted by molar-refractivity contribution is 0.0997. The van der Waals surface area contributed by atoms with Crippen molar-refractivity contribution in [2.75, 3.05) is 0 Å². The average molecular weight is 176 g/mol. The van der Waals surface area contributed by atoms with Crippen LogP contribution < -0.4 is 0 Å². The van der Waals surface area contributed by atoms with E-state index in [0.29, 0.717) is 5.56 Å². The van der Waals surface area contributed by atoms with Gasteiger partial charge >= 0.3 is 0 Å². The van der Waals surface area contributed by atoms with Crippen molar-refractivity contribution in [3.8, 4) is 11.8 Å². The van der Waals surface area contributed by atoms with Gasteiger partial charge in [-0.1, -0.05) is 5.92 Å². The lowest BCUT2D eigenvalue weighted by Crippen LogP contribution is -2.00. The van der Waals surface area contributed by atoms with Crippen LogP contribution in [0.2, 0.25) is 0 Å². The normalized spacial score (nSPS) is 9.15. The number of aromatic nitrogens is 2.